The standard InChI is InChI=1S/C13H19NO3.C12H17NO.C8H17NO2.H2/c1-16-7-2-5-14-6-8-17-13-4-3-11(10-15)9-12(13)14;1-14-12-4-2-10(3-5-12)11-6-8-13-9-7-11;1-4-5-9(8(3)11)7(2)6-10;/h3-4,9,15H,2,5-8,10H2,1H3;2-5,11,13H,6-9H2,1H3;7,10H,4-6H2,1-3H3;1H/t;;7-;/m..1./s1. The minimum absolute atomic E-state index is 0. The van der Waals surface area contributed by atoms with Gasteiger partial charge in [-0.1, -0.05) is 25.1 Å². The number of anilines is 1. The number of benzene rings is 2. The number of hydrogen-bond donors (Lipinski definition) is 3. The molecule has 9 nitrogen and oxygen atoms in total. The summed E-state index contributed by atoms with van der Waals surface area (Å²) in [4.78, 5) is 14.9. The number of carbonyl (C=O) groups is 1. The van der Waals surface area contributed by atoms with Gasteiger partial charge in [0.05, 0.1) is 38.6 Å². The summed E-state index contributed by atoms with van der Waals surface area (Å²) in [5.74, 6) is 2.63. The molecule has 0 aromatic heterocycles. The molecule has 1 atom stereocenters. The van der Waals surface area contributed by atoms with E-state index in [1.54, 1.807) is 19.1 Å². The van der Waals surface area contributed by atoms with Crippen LogP contribution >= 0.6 is 0 Å². The van der Waals surface area contributed by atoms with E-state index in [4.69, 9.17) is 24.4 Å². The topological polar surface area (TPSA) is 104 Å². The molecule has 238 valence electrons. The molecule has 0 radical (unpaired) electrons. The van der Waals surface area contributed by atoms with Gasteiger partial charge in [-0.3, -0.25) is 4.79 Å². The Morgan fingerprint density at radius 2 is 1.88 bits per heavy atom. The van der Waals surface area contributed by atoms with Gasteiger partial charge in [0, 0.05) is 35.2 Å². The molecule has 42 heavy (non-hydrogen) atoms. The summed E-state index contributed by atoms with van der Waals surface area (Å²) in [5, 5.41) is 21.3. The van der Waals surface area contributed by atoms with Crippen molar-refractivity contribution in [3.8, 4) is 11.5 Å². The molecular formula is C33H55N3O6. The summed E-state index contributed by atoms with van der Waals surface area (Å²) in [5.41, 5.74) is 3.46. The molecule has 1 saturated heterocycles. The molecule has 0 saturated carbocycles. The quantitative estimate of drug-likeness (QED) is 0.331. The summed E-state index contributed by atoms with van der Waals surface area (Å²) < 4.78 is 15.8. The third-order valence-electron chi connectivity index (χ3n) is 7.53. The summed E-state index contributed by atoms with van der Waals surface area (Å²) in [6.07, 6.45) is 4.45. The molecule has 0 spiro atoms. The molecular weight excluding hydrogens is 534 g/mol. The van der Waals surface area contributed by atoms with Gasteiger partial charge in [0.2, 0.25) is 5.91 Å². The lowest BCUT2D eigenvalue weighted by atomic mass is 9.90. The first-order chi connectivity index (χ1) is 20.4. The number of hydrogen-bond acceptors (Lipinski definition) is 8. The molecule has 0 aliphatic carbocycles. The van der Waals surface area contributed by atoms with Crippen molar-refractivity contribution in [2.24, 2.45) is 0 Å². The zero-order chi connectivity index (χ0) is 30.7. The molecule has 2 aromatic rings. The van der Waals surface area contributed by atoms with E-state index < -0.39 is 0 Å². The van der Waals surface area contributed by atoms with E-state index in [1.807, 2.05) is 32.0 Å². The van der Waals surface area contributed by atoms with Crippen molar-refractivity contribution in [3.63, 3.8) is 0 Å². The van der Waals surface area contributed by atoms with E-state index in [9.17, 15) is 4.79 Å². The summed E-state index contributed by atoms with van der Waals surface area (Å²) in [7, 11) is 3.43. The maximum Gasteiger partial charge on any atom is 0.219 e. The van der Waals surface area contributed by atoms with Crippen molar-refractivity contribution < 1.29 is 30.6 Å². The number of fused-ring (bicyclic) bond motifs is 1. The van der Waals surface area contributed by atoms with Crippen LogP contribution in [-0.2, 0) is 16.1 Å². The molecule has 2 aliphatic heterocycles. The van der Waals surface area contributed by atoms with E-state index in [1.165, 1.54) is 25.3 Å². The molecule has 1 fully saturated rings. The van der Waals surface area contributed by atoms with Gasteiger partial charge in [-0.15, -0.1) is 0 Å². The van der Waals surface area contributed by atoms with Crippen molar-refractivity contribution in [3.05, 3.63) is 53.6 Å². The van der Waals surface area contributed by atoms with Crippen molar-refractivity contribution in [2.75, 3.05) is 71.7 Å². The molecule has 2 heterocycles. The number of aliphatic hydroxyl groups is 2. The fourth-order valence-corrected chi connectivity index (χ4v) is 5.11. The predicted octanol–water partition coefficient (Wildman–Crippen LogP) is 4.45. The van der Waals surface area contributed by atoms with Crippen LogP contribution in [0, 0.1) is 0 Å². The molecule has 1 amide bonds. The van der Waals surface area contributed by atoms with Gasteiger partial charge < -0.3 is 39.5 Å². The van der Waals surface area contributed by atoms with E-state index in [0.29, 0.717) is 0 Å². The second kappa shape index (κ2) is 20.1. The van der Waals surface area contributed by atoms with Crippen molar-refractivity contribution in [2.45, 2.75) is 65.0 Å². The highest BCUT2D eigenvalue weighted by Crippen LogP contribution is 2.32. The molecule has 3 N–H and O–H groups in total. The Hall–Kier alpha value is -2.85. The molecule has 0 unspecified atom stereocenters. The largest absolute Gasteiger partial charge is 0.497 e. The second-order valence-electron chi connectivity index (χ2n) is 10.7. The molecule has 4 rings (SSSR count). The smallest absolute Gasteiger partial charge is 0.219 e. The first kappa shape index (κ1) is 35.3. The zero-order valence-electron chi connectivity index (χ0n) is 26.3. The molecule has 2 aliphatic rings. The summed E-state index contributed by atoms with van der Waals surface area (Å²) in [6.45, 7) is 11.9. The number of methoxy groups -OCH3 is 2. The van der Waals surface area contributed by atoms with Crippen LogP contribution in [0.25, 0.3) is 0 Å². The SMILES string of the molecule is CCCN(C(C)=O)[C@H](C)CO.COCCCN1CCOc2ccc(CO)cc21.COc1ccc(C2CCNCC2)cc1.[HH]. The minimum Gasteiger partial charge on any atom is -0.497 e. The highest BCUT2D eigenvalue weighted by atomic mass is 16.5. The highest BCUT2D eigenvalue weighted by Gasteiger charge is 2.18. The number of rotatable bonds is 11. The van der Waals surface area contributed by atoms with E-state index in [0.717, 1.165) is 87.4 Å². The number of nitrogens with zero attached hydrogens (tertiary/aromatic N) is 2. The van der Waals surface area contributed by atoms with Crippen LogP contribution in [0.1, 0.15) is 64.9 Å². The lowest BCUT2D eigenvalue weighted by Crippen LogP contribution is -2.39. The van der Waals surface area contributed by atoms with Gasteiger partial charge in [-0.2, -0.15) is 0 Å². The zero-order valence-corrected chi connectivity index (χ0v) is 26.3. The van der Waals surface area contributed by atoms with Gasteiger partial charge in [-0.05, 0) is 87.0 Å². The van der Waals surface area contributed by atoms with E-state index >= 15 is 0 Å². The molecule has 0 bridgehead atoms. The number of nitrogens with one attached hydrogen (secondary N) is 1. The minimum atomic E-state index is -0.0487. The monoisotopic (exact) mass is 589 g/mol. The van der Waals surface area contributed by atoms with E-state index in [-0.39, 0.29) is 26.6 Å². The third-order valence-corrected chi connectivity index (χ3v) is 7.53. The average molecular weight is 590 g/mol. The number of ether oxygens (including phenoxy) is 3. The number of carbonyl (C=O) groups excluding carboxylic acids is 1. The molecule has 2 aromatic carbocycles. The van der Waals surface area contributed by atoms with Crippen molar-refractivity contribution in [1.29, 1.82) is 0 Å². The van der Waals surface area contributed by atoms with Gasteiger partial charge in [-0.25, -0.2) is 0 Å². The predicted molar refractivity (Wildman–Crippen MR) is 171 cm³/mol. The van der Waals surface area contributed by atoms with Crippen LogP contribution in [0.3, 0.4) is 0 Å². The van der Waals surface area contributed by atoms with Gasteiger partial charge >= 0.3 is 0 Å². The first-order valence-electron chi connectivity index (χ1n) is 15.2. The van der Waals surface area contributed by atoms with Crippen LogP contribution in [0.5, 0.6) is 11.5 Å². The van der Waals surface area contributed by atoms with Crippen LogP contribution in [0.2, 0.25) is 0 Å². The fourth-order valence-electron chi connectivity index (χ4n) is 5.11. The number of amides is 1. The lowest BCUT2D eigenvalue weighted by Gasteiger charge is -2.31. The summed E-state index contributed by atoms with van der Waals surface area (Å²) in [6, 6.07) is 14.3. The maximum absolute atomic E-state index is 10.9. The molecule has 9 heteroatoms. The van der Waals surface area contributed by atoms with Crippen molar-refractivity contribution >= 4 is 11.6 Å². The van der Waals surface area contributed by atoms with Crippen LogP contribution in [0.15, 0.2) is 42.5 Å². The van der Waals surface area contributed by atoms with Crippen LogP contribution in [0.4, 0.5) is 5.69 Å². The third kappa shape index (κ3) is 11.8. The normalized spacial score (nSPS) is 15.2. The number of piperidine rings is 1. The first-order valence-corrected chi connectivity index (χ1v) is 15.2. The van der Waals surface area contributed by atoms with Crippen LogP contribution < -0.4 is 19.7 Å². The maximum atomic E-state index is 10.9. The Morgan fingerprint density at radius 1 is 1.17 bits per heavy atom. The lowest BCUT2D eigenvalue weighted by molar-refractivity contribution is -0.131. The Morgan fingerprint density at radius 3 is 2.45 bits per heavy atom. The fraction of sp³-hybridized carbons (Fsp3) is 0.606. The van der Waals surface area contributed by atoms with Gasteiger partial charge in [0.25, 0.3) is 0 Å². The van der Waals surface area contributed by atoms with Crippen LogP contribution in [-0.4, -0.2) is 93.8 Å². The Kier molecular flexibility index (Phi) is 16.9. The van der Waals surface area contributed by atoms with Gasteiger partial charge in [0.15, 0.2) is 0 Å². The Balaban J connectivity index is 0.000000327. The Labute approximate surface area is 254 Å². The number of aliphatic hydroxyl groups excluding tert-OH is 2. The Bertz CT molecular complexity index is 1020. The highest BCUT2D eigenvalue weighted by molar-refractivity contribution is 5.73. The summed E-state index contributed by atoms with van der Waals surface area (Å²) >= 11 is 0. The van der Waals surface area contributed by atoms with E-state index in [2.05, 4.69) is 34.5 Å². The average Bonchev–Trinajstić information content (AvgIpc) is 3.04. The second-order valence-corrected chi connectivity index (χ2v) is 10.7. The van der Waals surface area contributed by atoms with Gasteiger partial charge in [0.1, 0.15) is 18.1 Å². The van der Waals surface area contributed by atoms with Crippen molar-refractivity contribution in [1.82, 2.24) is 10.2 Å².